The minimum atomic E-state index is -0.173. The second-order valence-electron chi connectivity index (χ2n) is 8.63. The zero-order valence-electron chi connectivity index (χ0n) is 19.0. The van der Waals surface area contributed by atoms with Gasteiger partial charge in [0.15, 0.2) is 0 Å². The van der Waals surface area contributed by atoms with Crippen LogP contribution in [-0.2, 0) is 4.79 Å². The first kappa shape index (κ1) is 21.1. The molecule has 0 radical (unpaired) electrons. The number of fused-ring (bicyclic) bond motifs is 1. The van der Waals surface area contributed by atoms with Crippen molar-refractivity contribution in [1.82, 2.24) is 24.8 Å². The molecule has 0 spiro atoms. The van der Waals surface area contributed by atoms with E-state index in [1.54, 1.807) is 12.4 Å². The number of rotatable bonds is 3. The Balaban J connectivity index is 1.55. The number of H-pyrrole nitrogens is 1. The molecular weight excluding hydrogens is 416 g/mol. The van der Waals surface area contributed by atoms with Gasteiger partial charge >= 0.3 is 0 Å². The van der Waals surface area contributed by atoms with Crippen molar-refractivity contribution in [3.63, 3.8) is 0 Å². The van der Waals surface area contributed by atoms with Gasteiger partial charge in [0.1, 0.15) is 6.33 Å². The van der Waals surface area contributed by atoms with E-state index in [1.807, 2.05) is 43.0 Å². The number of aromatic nitrogens is 3. The standard InChI is InChI=1S/C25H26N6O2/c1-15-21(28-16(2)22(15)25(33)31-9-7-30(3)8-10-31)11-19-23-18(17-12-26-14-27-13-17)5-4-6-20(23)29-24(19)32/h4-6,11-14,28H,7-10H2,1-3H3,(H,29,32)/b19-11-. The van der Waals surface area contributed by atoms with E-state index in [4.69, 9.17) is 0 Å². The van der Waals surface area contributed by atoms with Crippen molar-refractivity contribution in [3.8, 4) is 11.1 Å². The highest BCUT2D eigenvalue weighted by molar-refractivity contribution is 6.36. The van der Waals surface area contributed by atoms with Crippen LogP contribution in [0.5, 0.6) is 0 Å². The number of hydrogen-bond acceptors (Lipinski definition) is 5. The van der Waals surface area contributed by atoms with Gasteiger partial charge in [-0.05, 0) is 44.2 Å². The van der Waals surface area contributed by atoms with E-state index in [-0.39, 0.29) is 11.8 Å². The number of likely N-dealkylation sites (N-methyl/N-ethyl adjacent to an activating group) is 1. The average molecular weight is 443 g/mol. The van der Waals surface area contributed by atoms with Gasteiger partial charge in [-0.1, -0.05) is 12.1 Å². The molecular formula is C25H26N6O2. The zero-order chi connectivity index (χ0) is 23.1. The Morgan fingerprint density at radius 2 is 1.82 bits per heavy atom. The number of aryl methyl sites for hydroxylation is 1. The summed E-state index contributed by atoms with van der Waals surface area (Å²) in [5.41, 5.74) is 6.95. The summed E-state index contributed by atoms with van der Waals surface area (Å²) in [5, 5.41) is 2.96. The molecule has 0 aliphatic carbocycles. The van der Waals surface area contributed by atoms with Crippen molar-refractivity contribution in [2.75, 3.05) is 38.5 Å². The Labute approximate surface area is 192 Å². The summed E-state index contributed by atoms with van der Waals surface area (Å²) in [6, 6.07) is 5.75. The lowest BCUT2D eigenvalue weighted by atomic mass is 9.95. The number of aromatic amines is 1. The summed E-state index contributed by atoms with van der Waals surface area (Å²) in [5.74, 6) is -0.134. The van der Waals surface area contributed by atoms with Gasteiger partial charge in [-0.2, -0.15) is 0 Å². The van der Waals surface area contributed by atoms with Crippen LogP contribution in [0.1, 0.15) is 32.9 Å². The molecule has 1 aromatic carbocycles. The maximum Gasteiger partial charge on any atom is 0.256 e. The molecule has 3 aromatic rings. The van der Waals surface area contributed by atoms with Crippen LogP contribution in [-0.4, -0.2) is 69.8 Å². The number of carbonyl (C=O) groups is 2. The molecule has 168 valence electrons. The Morgan fingerprint density at radius 3 is 2.55 bits per heavy atom. The van der Waals surface area contributed by atoms with Gasteiger partial charge < -0.3 is 20.1 Å². The number of nitrogens with zero attached hydrogens (tertiary/aromatic N) is 4. The molecule has 2 aromatic heterocycles. The van der Waals surface area contributed by atoms with Crippen LogP contribution in [0.2, 0.25) is 0 Å². The molecule has 0 saturated carbocycles. The summed E-state index contributed by atoms with van der Waals surface area (Å²) in [7, 11) is 2.07. The average Bonchev–Trinajstić information content (AvgIpc) is 3.29. The van der Waals surface area contributed by atoms with Crippen molar-refractivity contribution >= 4 is 29.2 Å². The van der Waals surface area contributed by atoms with Crippen LogP contribution >= 0.6 is 0 Å². The summed E-state index contributed by atoms with van der Waals surface area (Å²) < 4.78 is 0. The van der Waals surface area contributed by atoms with Crippen LogP contribution in [0.4, 0.5) is 5.69 Å². The molecule has 0 unspecified atom stereocenters. The second kappa shape index (κ2) is 8.29. The predicted octanol–water partition coefficient (Wildman–Crippen LogP) is 2.97. The number of piperazine rings is 1. The Bertz CT molecular complexity index is 1270. The molecule has 33 heavy (non-hydrogen) atoms. The van der Waals surface area contributed by atoms with E-state index in [0.717, 1.165) is 52.4 Å². The number of nitrogens with one attached hydrogen (secondary N) is 2. The molecule has 2 N–H and O–H groups in total. The predicted molar refractivity (Wildman–Crippen MR) is 128 cm³/mol. The third kappa shape index (κ3) is 3.72. The minimum Gasteiger partial charge on any atom is -0.358 e. The quantitative estimate of drug-likeness (QED) is 0.608. The maximum absolute atomic E-state index is 13.3. The fourth-order valence-corrected chi connectivity index (χ4v) is 4.62. The normalized spacial score (nSPS) is 17.4. The Kier molecular flexibility index (Phi) is 5.30. The van der Waals surface area contributed by atoms with Gasteiger partial charge in [-0.3, -0.25) is 9.59 Å². The fourth-order valence-electron chi connectivity index (χ4n) is 4.62. The molecule has 4 heterocycles. The van der Waals surface area contributed by atoms with Gasteiger partial charge in [0.2, 0.25) is 0 Å². The third-order valence-electron chi connectivity index (χ3n) is 6.47. The summed E-state index contributed by atoms with van der Waals surface area (Å²) in [6.07, 6.45) is 6.80. The van der Waals surface area contributed by atoms with Crippen molar-refractivity contribution in [2.24, 2.45) is 0 Å². The molecule has 8 nitrogen and oxygen atoms in total. The highest BCUT2D eigenvalue weighted by atomic mass is 16.2. The first-order chi connectivity index (χ1) is 15.9. The number of carbonyl (C=O) groups excluding carboxylic acids is 2. The number of benzene rings is 1. The molecule has 2 amide bonds. The molecule has 0 atom stereocenters. The molecule has 5 rings (SSSR count). The highest BCUT2D eigenvalue weighted by Crippen LogP contribution is 2.40. The van der Waals surface area contributed by atoms with Crippen molar-refractivity contribution in [2.45, 2.75) is 13.8 Å². The summed E-state index contributed by atoms with van der Waals surface area (Å²) in [6.45, 7) is 7.02. The van der Waals surface area contributed by atoms with Gasteiger partial charge in [0, 0.05) is 66.8 Å². The SMILES string of the molecule is Cc1[nH]c(/C=C2\C(=O)Nc3cccc(-c4cncnc4)c32)c(C)c1C(=O)N1CCN(C)CC1. The fraction of sp³-hybridized carbons (Fsp3) is 0.280. The Hall–Kier alpha value is -3.78. The van der Waals surface area contributed by atoms with Gasteiger partial charge in [-0.15, -0.1) is 0 Å². The minimum absolute atomic E-state index is 0.0393. The monoisotopic (exact) mass is 442 g/mol. The van der Waals surface area contributed by atoms with Gasteiger partial charge in [-0.25, -0.2) is 9.97 Å². The van der Waals surface area contributed by atoms with Crippen LogP contribution in [0.25, 0.3) is 22.8 Å². The molecule has 8 heteroatoms. The van der Waals surface area contributed by atoms with E-state index in [0.29, 0.717) is 24.2 Å². The Morgan fingerprint density at radius 1 is 1.09 bits per heavy atom. The lowest BCUT2D eigenvalue weighted by Crippen LogP contribution is -2.47. The zero-order valence-corrected chi connectivity index (χ0v) is 19.0. The van der Waals surface area contributed by atoms with Crippen LogP contribution < -0.4 is 5.32 Å². The van der Waals surface area contributed by atoms with E-state index in [1.165, 1.54) is 6.33 Å². The molecule has 1 fully saturated rings. The topological polar surface area (TPSA) is 94.2 Å². The van der Waals surface area contributed by atoms with Crippen molar-refractivity contribution in [3.05, 3.63) is 65.0 Å². The summed E-state index contributed by atoms with van der Waals surface area (Å²) in [4.78, 5) is 41.9. The molecule has 1 saturated heterocycles. The molecule has 2 aliphatic heterocycles. The van der Waals surface area contributed by atoms with Crippen LogP contribution in [0.15, 0.2) is 36.9 Å². The number of hydrogen-bond donors (Lipinski definition) is 2. The smallest absolute Gasteiger partial charge is 0.256 e. The largest absolute Gasteiger partial charge is 0.358 e. The lowest BCUT2D eigenvalue weighted by Gasteiger charge is -2.32. The highest BCUT2D eigenvalue weighted by Gasteiger charge is 2.29. The van der Waals surface area contributed by atoms with E-state index < -0.39 is 0 Å². The maximum atomic E-state index is 13.3. The molecule has 2 aliphatic rings. The second-order valence-corrected chi connectivity index (χ2v) is 8.63. The van der Waals surface area contributed by atoms with E-state index >= 15 is 0 Å². The number of anilines is 1. The van der Waals surface area contributed by atoms with Gasteiger partial charge in [0.25, 0.3) is 11.8 Å². The number of amides is 2. The van der Waals surface area contributed by atoms with Crippen molar-refractivity contribution < 1.29 is 9.59 Å². The summed E-state index contributed by atoms with van der Waals surface area (Å²) >= 11 is 0. The van der Waals surface area contributed by atoms with Crippen LogP contribution in [0.3, 0.4) is 0 Å². The van der Waals surface area contributed by atoms with Crippen LogP contribution in [0, 0.1) is 13.8 Å². The van der Waals surface area contributed by atoms with E-state index in [2.05, 4.69) is 32.2 Å². The third-order valence-corrected chi connectivity index (χ3v) is 6.47. The van der Waals surface area contributed by atoms with E-state index in [9.17, 15) is 9.59 Å². The van der Waals surface area contributed by atoms with Gasteiger partial charge in [0.05, 0.1) is 11.1 Å². The molecule has 0 bridgehead atoms. The lowest BCUT2D eigenvalue weighted by molar-refractivity contribution is -0.110. The van der Waals surface area contributed by atoms with Crippen molar-refractivity contribution in [1.29, 1.82) is 0 Å². The first-order valence-corrected chi connectivity index (χ1v) is 11.0. The first-order valence-electron chi connectivity index (χ1n) is 11.0.